The molecule has 0 radical (unpaired) electrons. The molecule has 0 bridgehead atoms. The number of sulfonamides is 1. The first-order valence-corrected chi connectivity index (χ1v) is 9.48. The van der Waals surface area contributed by atoms with E-state index in [4.69, 9.17) is 0 Å². The van der Waals surface area contributed by atoms with Gasteiger partial charge in [0.15, 0.2) is 5.16 Å². The van der Waals surface area contributed by atoms with E-state index in [-0.39, 0.29) is 4.90 Å². The number of hydrogen-bond donors (Lipinski definition) is 1. The van der Waals surface area contributed by atoms with Gasteiger partial charge in [-0.1, -0.05) is 29.8 Å². The predicted molar refractivity (Wildman–Crippen MR) is 94.6 cm³/mol. The first-order valence-electron chi connectivity index (χ1n) is 7.18. The lowest BCUT2D eigenvalue weighted by molar-refractivity contribution is 0.601. The van der Waals surface area contributed by atoms with E-state index in [0.29, 0.717) is 10.8 Å². The Labute approximate surface area is 145 Å². The highest BCUT2D eigenvalue weighted by molar-refractivity contribution is 7.99. The van der Waals surface area contributed by atoms with Gasteiger partial charge in [-0.15, -0.1) is 0 Å². The van der Waals surface area contributed by atoms with E-state index < -0.39 is 10.0 Å². The summed E-state index contributed by atoms with van der Waals surface area (Å²) in [5.74, 6) is 0. The fraction of sp³-hybridized carbons (Fsp3) is 0.0588. The second kappa shape index (κ2) is 7.02. The first-order chi connectivity index (χ1) is 11.5. The van der Waals surface area contributed by atoms with Crippen molar-refractivity contribution in [2.75, 3.05) is 4.72 Å². The second-order valence-electron chi connectivity index (χ2n) is 5.05. The Bertz CT molecular complexity index is 928. The van der Waals surface area contributed by atoms with Crippen molar-refractivity contribution in [3.8, 4) is 0 Å². The molecule has 0 fully saturated rings. The van der Waals surface area contributed by atoms with Gasteiger partial charge in [0.05, 0.1) is 10.6 Å². The molecular weight excluding hydrogens is 342 g/mol. The lowest BCUT2D eigenvalue weighted by Gasteiger charge is -2.12. The second-order valence-corrected chi connectivity index (χ2v) is 7.74. The Kier molecular flexibility index (Phi) is 4.82. The van der Waals surface area contributed by atoms with Crippen molar-refractivity contribution in [3.63, 3.8) is 0 Å². The van der Waals surface area contributed by atoms with Gasteiger partial charge >= 0.3 is 0 Å². The van der Waals surface area contributed by atoms with Gasteiger partial charge < -0.3 is 0 Å². The minimum Gasteiger partial charge on any atom is -0.278 e. The maximum absolute atomic E-state index is 12.6. The molecule has 0 aliphatic carbocycles. The minimum absolute atomic E-state index is 0.226. The van der Waals surface area contributed by atoms with E-state index in [9.17, 15) is 8.42 Å². The molecule has 0 atom stereocenters. The van der Waals surface area contributed by atoms with Gasteiger partial charge in [-0.2, -0.15) is 0 Å². The van der Waals surface area contributed by atoms with E-state index in [1.807, 2.05) is 19.1 Å². The molecule has 2 aromatic carbocycles. The minimum atomic E-state index is -3.65. The number of nitrogens with one attached hydrogen (secondary N) is 1. The van der Waals surface area contributed by atoms with Crippen LogP contribution in [0.3, 0.4) is 0 Å². The highest BCUT2D eigenvalue weighted by atomic mass is 32.2. The molecule has 122 valence electrons. The fourth-order valence-electron chi connectivity index (χ4n) is 2.00. The van der Waals surface area contributed by atoms with Crippen LogP contribution in [0.5, 0.6) is 0 Å². The number of nitrogens with zero attached hydrogens (tertiary/aromatic N) is 2. The third-order valence-electron chi connectivity index (χ3n) is 3.21. The maximum Gasteiger partial charge on any atom is 0.261 e. The average Bonchev–Trinajstić information content (AvgIpc) is 2.58. The zero-order chi connectivity index (χ0) is 17.0. The molecule has 1 aromatic heterocycles. The van der Waals surface area contributed by atoms with E-state index in [1.165, 1.54) is 11.8 Å². The predicted octanol–water partition coefficient (Wildman–Crippen LogP) is 3.74. The number of para-hydroxylation sites is 1. The Hall–Kier alpha value is -2.38. The maximum atomic E-state index is 12.6. The lowest BCUT2D eigenvalue weighted by Crippen LogP contribution is -2.13. The lowest BCUT2D eigenvalue weighted by atomic mass is 10.2. The summed E-state index contributed by atoms with van der Waals surface area (Å²) < 4.78 is 27.8. The smallest absolute Gasteiger partial charge is 0.261 e. The Morgan fingerprint density at radius 3 is 2.29 bits per heavy atom. The Balaban J connectivity index is 1.89. The summed E-state index contributed by atoms with van der Waals surface area (Å²) in [4.78, 5) is 9.27. The largest absolute Gasteiger partial charge is 0.278 e. The van der Waals surface area contributed by atoms with Gasteiger partial charge in [-0.25, -0.2) is 18.4 Å². The summed E-state index contributed by atoms with van der Waals surface area (Å²) in [5.41, 5.74) is 1.50. The van der Waals surface area contributed by atoms with Crippen molar-refractivity contribution in [1.82, 2.24) is 9.97 Å². The topological polar surface area (TPSA) is 72.0 Å². The van der Waals surface area contributed by atoms with Crippen molar-refractivity contribution >= 4 is 27.5 Å². The number of aryl methyl sites for hydroxylation is 1. The summed E-state index contributed by atoms with van der Waals surface area (Å²) in [6.07, 6.45) is 3.29. The van der Waals surface area contributed by atoms with Crippen molar-refractivity contribution < 1.29 is 8.42 Å². The molecular formula is C17H15N3O2S2. The molecule has 3 rings (SSSR count). The highest BCUT2D eigenvalue weighted by Crippen LogP contribution is 2.32. The number of aromatic nitrogens is 2. The van der Waals surface area contributed by atoms with Gasteiger partial charge in [-0.05, 0) is 49.0 Å². The third-order valence-corrected chi connectivity index (χ3v) is 5.56. The van der Waals surface area contributed by atoms with Gasteiger partial charge in [0.1, 0.15) is 0 Å². The van der Waals surface area contributed by atoms with Crippen LogP contribution in [0.1, 0.15) is 5.56 Å². The summed E-state index contributed by atoms with van der Waals surface area (Å²) in [7, 11) is -3.65. The summed E-state index contributed by atoms with van der Waals surface area (Å²) >= 11 is 1.30. The van der Waals surface area contributed by atoms with Crippen molar-refractivity contribution in [1.29, 1.82) is 0 Å². The molecule has 1 N–H and O–H groups in total. The molecule has 3 aromatic rings. The van der Waals surface area contributed by atoms with Crippen molar-refractivity contribution in [2.45, 2.75) is 21.9 Å². The zero-order valence-electron chi connectivity index (χ0n) is 12.9. The monoisotopic (exact) mass is 357 g/mol. The molecule has 5 nitrogen and oxygen atoms in total. The normalized spacial score (nSPS) is 11.2. The standard InChI is InChI=1S/C17H15N3O2S2/c1-13-7-9-14(10-8-13)24(21,22)20-15-5-2-3-6-16(15)23-17-18-11-4-12-19-17/h2-12,20H,1H3. The van der Waals surface area contributed by atoms with Crippen LogP contribution in [-0.4, -0.2) is 18.4 Å². The number of rotatable bonds is 5. The molecule has 1 heterocycles. The van der Waals surface area contributed by atoms with Gasteiger partial charge in [-0.3, -0.25) is 4.72 Å². The molecule has 0 aliphatic heterocycles. The third kappa shape index (κ3) is 3.93. The Morgan fingerprint density at radius 2 is 1.58 bits per heavy atom. The molecule has 0 saturated carbocycles. The number of hydrogen-bond acceptors (Lipinski definition) is 5. The number of anilines is 1. The SMILES string of the molecule is Cc1ccc(S(=O)(=O)Nc2ccccc2Sc2ncccn2)cc1. The van der Waals surface area contributed by atoms with E-state index in [0.717, 1.165) is 10.5 Å². The van der Waals surface area contributed by atoms with E-state index in [1.54, 1.807) is 54.9 Å². The highest BCUT2D eigenvalue weighted by Gasteiger charge is 2.16. The van der Waals surface area contributed by atoms with Crippen LogP contribution in [-0.2, 0) is 10.0 Å². The molecule has 0 aliphatic rings. The zero-order valence-corrected chi connectivity index (χ0v) is 14.5. The van der Waals surface area contributed by atoms with Crippen LogP contribution >= 0.6 is 11.8 Å². The average molecular weight is 357 g/mol. The van der Waals surface area contributed by atoms with Crippen molar-refractivity contribution in [3.05, 3.63) is 72.6 Å². The molecule has 0 unspecified atom stereocenters. The van der Waals surface area contributed by atoms with Gasteiger partial charge in [0, 0.05) is 17.3 Å². The molecule has 0 spiro atoms. The van der Waals surface area contributed by atoms with E-state index in [2.05, 4.69) is 14.7 Å². The van der Waals surface area contributed by atoms with Crippen LogP contribution in [0, 0.1) is 6.92 Å². The van der Waals surface area contributed by atoms with Gasteiger partial charge in [0.25, 0.3) is 10.0 Å². The number of benzene rings is 2. The summed E-state index contributed by atoms with van der Waals surface area (Å²) in [6, 6.07) is 15.6. The summed E-state index contributed by atoms with van der Waals surface area (Å²) in [6.45, 7) is 1.91. The van der Waals surface area contributed by atoms with E-state index >= 15 is 0 Å². The van der Waals surface area contributed by atoms with Crippen LogP contribution < -0.4 is 4.72 Å². The summed E-state index contributed by atoms with van der Waals surface area (Å²) in [5, 5.41) is 0.555. The van der Waals surface area contributed by atoms with Gasteiger partial charge in [0.2, 0.25) is 0 Å². The Morgan fingerprint density at radius 1 is 0.917 bits per heavy atom. The fourth-order valence-corrected chi connectivity index (χ4v) is 3.94. The quantitative estimate of drug-likeness (QED) is 0.704. The van der Waals surface area contributed by atoms with Crippen molar-refractivity contribution in [2.24, 2.45) is 0 Å². The van der Waals surface area contributed by atoms with Crippen LogP contribution in [0.2, 0.25) is 0 Å². The van der Waals surface area contributed by atoms with Crippen LogP contribution in [0.4, 0.5) is 5.69 Å². The molecule has 7 heteroatoms. The van der Waals surface area contributed by atoms with Crippen LogP contribution in [0.15, 0.2) is 81.9 Å². The molecule has 24 heavy (non-hydrogen) atoms. The molecule has 0 saturated heterocycles. The van der Waals surface area contributed by atoms with Crippen LogP contribution in [0.25, 0.3) is 0 Å². The first kappa shape index (κ1) is 16.5. The molecule has 0 amide bonds.